The largest absolute Gasteiger partial charge is 0.497 e. The van der Waals surface area contributed by atoms with Gasteiger partial charge in [-0.3, -0.25) is 15.5 Å². The lowest BCUT2D eigenvalue weighted by Gasteiger charge is -2.15. The zero-order chi connectivity index (χ0) is 14.3. The van der Waals surface area contributed by atoms with Crippen LogP contribution in [0.3, 0.4) is 0 Å². The molecule has 104 valence electrons. The van der Waals surface area contributed by atoms with E-state index in [2.05, 4.69) is 10.3 Å². The fourth-order valence-corrected chi connectivity index (χ4v) is 2.51. The Morgan fingerprint density at radius 3 is 2.90 bits per heavy atom. The number of hydrogen-bond donors (Lipinski definition) is 3. The summed E-state index contributed by atoms with van der Waals surface area (Å²) in [5, 5.41) is 10.7. The average Bonchev–Trinajstić information content (AvgIpc) is 3.00. The van der Waals surface area contributed by atoms with Gasteiger partial charge in [0.25, 0.3) is 11.9 Å². The van der Waals surface area contributed by atoms with Gasteiger partial charge in [0, 0.05) is 23.0 Å². The van der Waals surface area contributed by atoms with Crippen LogP contribution >= 0.6 is 0 Å². The predicted molar refractivity (Wildman–Crippen MR) is 74.0 cm³/mol. The summed E-state index contributed by atoms with van der Waals surface area (Å²) in [7, 11) is 1.62. The fraction of sp³-hybridized carbons (Fsp3) is 0.286. The van der Waals surface area contributed by atoms with Gasteiger partial charge in [-0.05, 0) is 23.8 Å². The summed E-state index contributed by atoms with van der Waals surface area (Å²) in [5.41, 5.74) is 1.94. The number of carbonyl (C=O) groups is 1. The molecule has 3 rings (SSSR count). The highest BCUT2D eigenvalue weighted by Crippen LogP contribution is 2.32. The number of methoxy groups -OCH3 is 1. The second-order valence-corrected chi connectivity index (χ2v) is 4.80. The van der Waals surface area contributed by atoms with Crippen LogP contribution in [-0.4, -0.2) is 30.1 Å². The van der Waals surface area contributed by atoms with Crippen molar-refractivity contribution in [1.29, 1.82) is 5.41 Å². The first kappa shape index (κ1) is 12.5. The molecule has 2 heterocycles. The van der Waals surface area contributed by atoms with Crippen LogP contribution in [0.25, 0.3) is 10.9 Å². The average molecular weight is 273 g/mol. The third kappa shape index (κ3) is 1.89. The summed E-state index contributed by atoms with van der Waals surface area (Å²) < 4.78 is 10.5. The fourth-order valence-electron chi connectivity index (χ4n) is 2.51. The number of carbonyl (C=O) groups excluding carboxylic acids is 1. The Morgan fingerprint density at radius 1 is 1.45 bits per heavy atom. The van der Waals surface area contributed by atoms with E-state index in [0.717, 1.165) is 22.2 Å². The Bertz CT molecular complexity index is 692. The lowest BCUT2D eigenvalue weighted by molar-refractivity contribution is -0.124. The minimum Gasteiger partial charge on any atom is -0.497 e. The van der Waals surface area contributed by atoms with Gasteiger partial charge in [0.2, 0.25) is 0 Å². The second kappa shape index (κ2) is 4.56. The van der Waals surface area contributed by atoms with Crippen LogP contribution in [0.15, 0.2) is 24.4 Å². The molecule has 1 amide bonds. The zero-order valence-corrected chi connectivity index (χ0v) is 11.2. The Morgan fingerprint density at radius 2 is 2.25 bits per heavy atom. The maximum absolute atomic E-state index is 11.8. The summed E-state index contributed by atoms with van der Waals surface area (Å²) in [6.45, 7) is 1.91. The Balaban J connectivity index is 2.01. The SMILES string of the molecule is COc1ccc2[nH]cc([C@@H](C)[C@@H]3OC(=N)NC3=O)c2c1. The molecule has 0 radical (unpaired) electrons. The van der Waals surface area contributed by atoms with E-state index in [1.54, 1.807) is 7.11 Å². The summed E-state index contributed by atoms with van der Waals surface area (Å²) >= 11 is 0. The van der Waals surface area contributed by atoms with Crippen LogP contribution in [0.5, 0.6) is 5.75 Å². The third-order valence-corrected chi connectivity index (χ3v) is 3.61. The smallest absolute Gasteiger partial charge is 0.289 e. The van der Waals surface area contributed by atoms with Gasteiger partial charge < -0.3 is 14.5 Å². The minimum absolute atomic E-state index is 0.168. The van der Waals surface area contributed by atoms with E-state index in [1.165, 1.54) is 0 Å². The summed E-state index contributed by atoms with van der Waals surface area (Å²) in [6.07, 6.45) is 1.19. The van der Waals surface area contributed by atoms with Gasteiger partial charge in [0.1, 0.15) is 5.75 Å². The van der Waals surface area contributed by atoms with Crippen LogP contribution in [0, 0.1) is 5.41 Å². The molecule has 20 heavy (non-hydrogen) atoms. The van der Waals surface area contributed by atoms with Crippen molar-refractivity contribution in [1.82, 2.24) is 10.3 Å². The van der Waals surface area contributed by atoms with E-state index < -0.39 is 6.10 Å². The molecule has 3 N–H and O–H groups in total. The van der Waals surface area contributed by atoms with Crippen LogP contribution < -0.4 is 10.1 Å². The van der Waals surface area contributed by atoms with Crippen LogP contribution in [0.1, 0.15) is 18.4 Å². The predicted octanol–water partition coefficient (Wildman–Crippen LogP) is 1.73. The molecule has 2 atom stereocenters. The van der Waals surface area contributed by atoms with E-state index in [0.29, 0.717) is 0 Å². The van der Waals surface area contributed by atoms with Crippen molar-refractivity contribution >= 4 is 22.8 Å². The van der Waals surface area contributed by atoms with Crippen molar-refractivity contribution in [2.75, 3.05) is 7.11 Å². The highest BCUT2D eigenvalue weighted by molar-refractivity contribution is 6.01. The number of fused-ring (bicyclic) bond motifs is 1. The molecule has 1 aliphatic rings. The topological polar surface area (TPSA) is 87.2 Å². The maximum atomic E-state index is 11.8. The first-order valence-corrected chi connectivity index (χ1v) is 6.31. The van der Waals surface area contributed by atoms with Gasteiger partial charge in [-0.25, -0.2) is 0 Å². The van der Waals surface area contributed by atoms with Crippen molar-refractivity contribution in [2.24, 2.45) is 0 Å². The Kier molecular flexibility index (Phi) is 2.85. The first-order chi connectivity index (χ1) is 9.60. The van der Waals surface area contributed by atoms with Crippen LogP contribution in [0.2, 0.25) is 0 Å². The molecule has 6 heteroatoms. The standard InChI is InChI=1S/C14H15N3O3/c1-7(12-13(18)17-14(15)20-12)10-6-16-11-4-3-8(19-2)5-9(10)11/h3-7,12,16H,1-2H3,(H2,15,17,18)/t7-,12+/m1/s1. The molecule has 1 aromatic carbocycles. The molecule has 6 nitrogen and oxygen atoms in total. The molecule has 0 saturated carbocycles. The molecular weight excluding hydrogens is 258 g/mol. The van der Waals surface area contributed by atoms with Crippen LogP contribution in [0.4, 0.5) is 0 Å². The van der Waals surface area contributed by atoms with Crippen molar-refractivity contribution < 1.29 is 14.3 Å². The summed E-state index contributed by atoms with van der Waals surface area (Å²) in [4.78, 5) is 14.9. The van der Waals surface area contributed by atoms with Crippen molar-refractivity contribution in [3.63, 3.8) is 0 Å². The van der Waals surface area contributed by atoms with Gasteiger partial charge in [-0.15, -0.1) is 0 Å². The zero-order valence-electron chi connectivity index (χ0n) is 11.2. The highest BCUT2D eigenvalue weighted by Gasteiger charge is 2.36. The van der Waals surface area contributed by atoms with E-state index in [9.17, 15) is 4.79 Å². The van der Waals surface area contributed by atoms with Gasteiger partial charge in [0.15, 0.2) is 6.10 Å². The van der Waals surface area contributed by atoms with E-state index in [-0.39, 0.29) is 17.8 Å². The number of hydrogen-bond acceptors (Lipinski definition) is 4. The maximum Gasteiger partial charge on any atom is 0.289 e. The van der Waals surface area contributed by atoms with Crippen molar-refractivity contribution in [3.05, 3.63) is 30.0 Å². The van der Waals surface area contributed by atoms with E-state index in [1.807, 2.05) is 31.3 Å². The number of rotatable bonds is 3. The quantitative estimate of drug-likeness (QED) is 0.795. The first-order valence-electron chi connectivity index (χ1n) is 6.31. The van der Waals surface area contributed by atoms with Gasteiger partial charge in [0.05, 0.1) is 7.11 Å². The molecule has 1 saturated heterocycles. The van der Waals surface area contributed by atoms with E-state index >= 15 is 0 Å². The van der Waals surface area contributed by atoms with Gasteiger partial charge in [-0.1, -0.05) is 6.92 Å². The second-order valence-electron chi connectivity index (χ2n) is 4.80. The third-order valence-electron chi connectivity index (χ3n) is 3.61. The number of aromatic nitrogens is 1. The number of ether oxygens (including phenoxy) is 2. The number of aromatic amines is 1. The Hall–Kier alpha value is -2.50. The summed E-state index contributed by atoms with van der Waals surface area (Å²) in [5.74, 6) is 0.313. The molecule has 0 unspecified atom stereocenters. The monoisotopic (exact) mass is 273 g/mol. The lowest BCUT2D eigenvalue weighted by atomic mass is 9.94. The normalized spacial score (nSPS) is 19.8. The van der Waals surface area contributed by atoms with Crippen molar-refractivity contribution in [2.45, 2.75) is 18.9 Å². The lowest BCUT2D eigenvalue weighted by Crippen LogP contribution is -2.28. The Labute approximate surface area is 115 Å². The molecule has 1 aromatic heterocycles. The highest BCUT2D eigenvalue weighted by atomic mass is 16.5. The molecule has 1 aliphatic heterocycles. The molecule has 0 aliphatic carbocycles. The molecule has 2 aromatic rings. The molecule has 0 spiro atoms. The molecular formula is C14H15N3O3. The van der Waals surface area contributed by atoms with Gasteiger partial charge >= 0.3 is 0 Å². The van der Waals surface area contributed by atoms with E-state index in [4.69, 9.17) is 14.9 Å². The number of H-pyrrole nitrogens is 1. The summed E-state index contributed by atoms with van der Waals surface area (Å²) in [6, 6.07) is 5.55. The van der Waals surface area contributed by atoms with Crippen LogP contribution in [-0.2, 0) is 9.53 Å². The number of amides is 1. The molecule has 0 bridgehead atoms. The molecule has 1 fully saturated rings. The van der Waals surface area contributed by atoms with Gasteiger partial charge in [-0.2, -0.15) is 0 Å². The number of nitrogens with one attached hydrogen (secondary N) is 3. The number of benzene rings is 1. The minimum atomic E-state index is -0.673. The number of amidine groups is 1. The van der Waals surface area contributed by atoms with Crippen molar-refractivity contribution in [3.8, 4) is 5.75 Å².